The second-order valence-electron chi connectivity index (χ2n) is 6.17. The smallest absolute Gasteiger partial charge is 0.0123 e. The van der Waals surface area contributed by atoms with Gasteiger partial charge in [0.05, 0.1) is 0 Å². The molecule has 1 heteroatoms. The van der Waals surface area contributed by atoms with Crippen LogP contribution in [0.15, 0.2) is 0 Å². The Morgan fingerprint density at radius 2 is 1.44 bits per heavy atom. The van der Waals surface area contributed by atoms with E-state index in [4.69, 9.17) is 0 Å². The van der Waals surface area contributed by atoms with Crippen molar-refractivity contribution >= 4 is 0 Å². The molecule has 18 heavy (non-hydrogen) atoms. The van der Waals surface area contributed by atoms with Gasteiger partial charge in [-0.3, -0.25) is 0 Å². The molecule has 0 aliphatic heterocycles. The van der Waals surface area contributed by atoms with Gasteiger partial charge in [0.2, 0.25) is 0 Å². The molecule has 1 saturated carbocycles. The van der Waals surface area contributed by atoms with Gasteiger partial charge in [0.15, 0.2) is 0 Å². The standard InChI is InChI=1S/C17H35N/c1-4-11-15(12-5-2)17(18-6-3)16-13-9-7-8-10-14-16/h15-18H,4-14H2,1-3H3. The Morgan fingerprint density at radius 3 is 1.89 bits per heavy atom. The summed E-state index contributed by atoms with van der Waals surface area (Å²) in [4.78, 5) is 0. The van der Waals surface area contributed by atoms with Crippen molar-refractivity contribution in [3.05, 3.63) is 0 Å². The van der Waals surface area contributed by atoms with Crippen LogP contribution in [0.1, 0.15) is 85.0 Å². The molecule has 1 N–H and O–H groups in total. The molecule has 0 spiro atoms. The van der Waals surface area contributed by atoms with Gasteiger partial charge in [-0.25, -0.2) is 0 Å². The fourth-order valence-electron chi connectivity index (χ4n) is 3.87. The predicted octanol–water partition coefficient (Wildman–Crippen LogP) is 5.15. The lowest BCUT2D eigenvalue weighted by molar-refractivity contribution is 0.216. The van der Waals surface area contributed by atoms with E-state index in [1.807, 2.05) is 0 Å². The lowest BCUT2D eigenvalue weighted by atomic mass is 9.79. The summed E-state index contributed by atoms with van der Waals surface area (Å²) in [5.41, 5.74) is 0. The SMILES string of the molecule is CCCC(CCC)C(NCC)C1CCCCCC1. The second-order valence-corrected chi connectivity index (χ2v) is 6.17. The predicted molar refractivity (Wildman–Crippen MR) is 82.0 cm³/mol. The Labute approximate surface area is 115 Å². The fraction of sp³-hybridized carbons (Fsp3) is 1.00. The van der Waals surface area contributed by atoms with Crippen LogP contribution in [0.25, 0.3) is 0 Å². The first-order valence-electron chi connectivity index (χ1n) is 8.56. The molecule has 0 aromatic carbocycles. The van der Waals surface area contributed by atoms with E-state index < -0.39 is 0 Å². The molecule has 0 heterocycles. The van der Waals surface area contributed by atoms with Gasteiger partial charge in [-0.1, -0.05) is 59.3 Å². The van der Waals surface area contributed by atoms with Crippen molar-refractivity contribution in [2.75, 3.05) is 6.54 Å². The highest BCUT2D eigenvalue weighted by Crippen LogP contribution is 2.32. The van der Waals surface area contributed by atoms with Crippen LogP contribution in [0.4, 0.5) is 0 Å². The van der Waals surface area contributed by atoms with Crippen molar-refractivity contribution in [3.8, 4) is 0 Å². The molecule has 0 saturated heterocycles. The fourth-order valence-corrected chi connectivity index (χ4v) is 3.87. The van der Waals surface area contributed by atoms with Crippen molar-refractivity contribution in [2.24, 2.45) is 11.8 Å². The van der Waals surface area contributed by atoms with Crippen LogP contribution in [0.5, 0.6) is 0 Å². The van der Waals surface area contributed by atoms with Gasteiger partial charge < -0.3 is 5.32 Å². The number of hydrogen-bond donors (Lipinski definition) is 1. The zero-order chi connectivity index (χ0) is 13.2. The molecule has 1 aliphatic rings. The van der Waals surface area contributed by atoms with Crippen LogP contribution in [0.3, 0.4) is 0 Å². The third-order valence-electron chi connectivity index (χ3n) is 4.67. The molecule has 1 nitrogen and oxygen atoms in total. The van der Waals surface area contributed by atoms with E-state index in [9.17, 15) is 0 Å². The van der Waals surface area contributed by atoms with Crippen molar-refractivity contribution in [3.63, 3.8) is 0 Å². The Morgan fingerprint density at radius 1 is 0.889 bits per heavy atom. The van der Waals surface area contributed by atoms with Crippen molar-refractivity contribution in [2.45, 2.75) is 91.0 Å². The van der Waals surface area contributed by atoms with Gasteiger partial charge >= 0.3 is 0 Å². The quantitative estimate of drug-likeness (QED) is 0.590. The van der Waals surface area contributed by atoms with Gasteiger partial charge in [0.25, 0.3) is 0 Å². The second kappa shape index (κ2) is 9.83. The Bertz CT molecular complexity index is 174. The van der Waals surface area contributed by atoms with Gasteiger partial charge in [-0.05, 0) is 44.1 Å². The van der Waals surface area contributed by atoms with E-state index in [-0.39, 0.29) is 0 Å². The van der Waals surface area contributed by atoms with Crippen molar-refractivity contribution in [1.29, 1.82) is 0 Å². The minimum Gasteiger partial charge on any atom is -0.314 e. The summed E-state index contributed by atoms with van der Waals surface area (Å²) in [6.07, 6.45) is 14.4. The van der Waals surface area contributed by atoms with Crippen LogP contribution in [-0.4, -0.2) is 12.6 Å². The lowest BCUT2D eigenvalue weighted by Crippen LogP contribution is -2.42. The maximum atomic E-state index is 3.85. The van der Waals surface area contributed by atoms with Crippen molar-refractivity contribution in [1.82, 2.24) is 5.32 Å². The third kappa shape index (κ3) is 5.30. The highest BCUT2D eigenvalue weighted by atomic mass is 14.9. The molecule has 1 unspecified atom stereocenters. The monoisotopic (exact) mass is 253 g/mol. The number of nitrogens with one attached hydrogen (secondary N) is 1. The summed E-state index contributed by atoms with van der Waals surface area (Å²) < 4.78 is 0. The topological polar surface area (TPSA) is 12.0 Å². The van der Waals surface area contributed by atoms with E-state index in [1.54, 1.807) is 0 Å². The molecular formula is C17H35N. The van der Waals surface area contributed by atoms with Crippen LogP contribution in [0.2, 0.25) is 0 Å². The minimum absolute atomic E-state index is 0.799. The maximum absolute atomic E-state index is 3.85. The van der Waals surface area contributed by atoms with E-state index in [0.29, 0.717) is 0 Å². The molecule has 1 rings (SSSR count). The van der Waals surface area contributed by atoms with E-state index in [0.717, 1.165) is 24.4 Å². The summed E-state index contributed by atoms with van der Waals surface area (Å²) >= 11 is 0. The van der Waals surface area contributed by atoms with Gasteiger partial charge in [0.1, 0.15) is 0 Å². The molecular weight excluding hydrogens is 218 g/mol. The van der Waals surface area contributed by atoms with Gasteiger partial charge in [-0.15, -0.1) is 0 Å². The van der Waals surface area contributed by atoms with Crippen molar-refractivity contribution < 1.29 is 0 Å². The van der Waals surface area contributed by atoms with E-state index >= 15 is 0 Å². The zero-order valence-corrected chi connectivity index (χ0v) is 13.0. The number of rotatable bonds is 8. The van der Waals surface area contributed by atoms with Gasteiger partial charge in [0, 0.05) is 6.04 Å². The normalized spacial score (nSPS) is 20.0. The number of hydrogen-bond acceptors (Lipinski definition) is 1. The minimum atomic E-state index is 0.799. The lowest BCUT2D eigenvalue weighted by Gasteiger charge is -2.34. The Balaban J connectivity index is 2.63. The summed E-state index contributed by atoms with van der Waals surface area (Å²) in [5.74, 6) is 1.87. The molecule has 108 valence electrons. The van der Waals surface area contributed by atoms with Crippen LogP contribution in [-0.2, 0) is 0 Å². The van der Waals surface area contributed by atoms with Gasteiger partial charge in [-0.2, -0.15) is 0 Å². The largest absolute Gasteiger partial charge is 0.314 e. The highest BCUT2D eigenvalue weighted by Gasteiger charge is 2.28. The van der Waals surface area contributed by atoms with Crippen LogP contribution in [0, 0.1) is 11.8 Å². The third-order valence-corrected chi connectivity index (χ3v) is 4.67. The molecule has 0 radical (unpaired) electrons. The summed E-state index contributed by atoms with van der Waals surface area (Å²) in [6.45, 7) is 8.11. The average Bonchev–Trinajstić information content (AvgIpc) is 2.64. The molecule has 0 aromatic rings. The summed E-state index contributed by atoms with van der Waals surface area (Å²) in [6, 6.07) is 0.799. The molecule has 0 aromatic heterocycles. The van der Waals surface area contributed by atoms with Crippen LogP contribution >= 0.6 is 0 Å². The first kappa shape index (κ1) is 16.0. The maximum Gasteiger partial charge on any atom is 0.0123 e. The molecule has 1 aliphatic carbocycles. The Kier molecular flexibility index (Phi) is 8.75. The summed E-state index contributed by atoms with van der Waals surface area (Å²) in [5, 5.41) is 3.85. The molecule has 0 bridgehead atoms. The Hall–Kier alpha value is -0.0400. The first-order chi connectivity index (χ1) is 8.83. The van der Waals surface area contributed by atoms with E-state index in [1.165, 1.54) is 64.2 Å². The molecule has 1 fully saturated rings. The molecule has 0 amide bonds. The highest BCUT2D eigenvalue weighted by molar-refractivity contribution is 4.84. The average molecular weight is 253 g/mol. The van der Waals surface area contributed by atoms with E-state index in [2.05, 4.69) is 26.1 Å². The first-order valence-corrected chi connectivity index (χ1v) is 8.56. The molecule has 1 atom stereocenters. The van der Waals surface area contributed by atoms with Crippen LogP contribution < -0.4 is 5.32 Å². The summed E-state index contributed by atoms with van der Waals surface area (Å²) in [7, 11) is 0. The zero-order valence-electron chi connectivity index (χ0n) is 13.0.